The lowest BCUT2D eigenvalue weighted by molar-refractivity contribution is -0.140. The first kappa shape index (κ1) is 14.9. The first-order valence-corrected chi connectivity index (χ1v) is 5.71. The lowest BCUT2D eigenvalue weighted by Gasteiger charge is -2.13. The summed E-state index contributed by atoms with van der Waals surface area (Å²) in [4.78, 5) is 22.2. The fourth-order valence-corrected chi connectivity index (χ4v) is 1.47. The number of benzene rings is 1. The molecule has 0 saturated carbocycles. The highest BCUT2D eigenvalue weighted by Gasteiger charge is 2.18. The lowest BCUT2D eigenvalue weighted by atomic mass is 10.2. The van der Waals surface area contributed by atoms with E-state index in [1.165, 1.54) is 0 Å². The predicted molar refractivity (Wildman–Crippen MR) is 69.9 cm³/mol. The average molecular weight is 267 g/mol. The molecule has 104 valence electrons. The Morgan fingerprint density at radius 3 is 2.68 bits per heavy atom. The third-order valence-electron chi connectivity index (χ3n) is 2.35. The molecule has 19 heavy (non-hydrogen) atoms. The van der Waals surface area contributed by atoms with Gasteiger partial charge in [-0.1, -0.05) is 12.1 Å². The minimum Gasteiger partial charge on any atom is -0.480 e. The summed E-state index contributed by atoms with van der Waals surface area (Å²) in [6, 6.07) is 5.14. The molecule has 0 bridgehead atoms. The number of carbonyl (C=O) groups is 2. The highest BCUT2D eigenvalue weighted by atomic mass is 16.4. The number of amides is 2. The second-order valence-corrected chi connectivity index (χ2v) is 3.90. The van der Waals surface area contributed by atoms with Crippen molar-refractivity contribution in [3.05, 3.63) is 29.8 Å². The zero-order valence-corrected chi connectivity index (χ0v) is 10.5. The average Bonchev–Trinajstić information content (AvgIpc) is 2.36. The van der Waals surface area contributed by atoms with Crippen LogP contribution < -0.4 is 16.0 Å². The van der Waals surface area contributed by atoms with Crippen LogP contribution in [-0.2, 0) is 11.3 Å². The Hall–Kier alpha value is -2.12. The number of rotatable bonds is 6. The lowest BCUT2D eigenvalue weighted by Crippen LogP contribution is -2.45. The van der Waals surface area contributed by atoms with E-state index in [9.17, 15) is 9.59 Å². The van der Waals surface area contributed by atoms with Gasteiger partial charge in [0.2, 0.25) is 0 Å². The van der Waals surface area contributed by atoms with Crippen LogP contribution in [0.15, 0.2) is 24.3 Å². The zero-order valence-electron chi connectivity index (χ0n) is 10.5. The normalized spacial score (nSPS) is 11.7. The molecular weight excluding hydrogens is 250 g/mol. The Kier molecular flexibility index (Phi) is 5.77. The minimum atomic E-state index is -1.32. The predicted octanol–water partition coefficient (Wildman–Crippen LogP) is -0.0270. The molecule has 0 aromatic heterocycles. The molecule has 7 nitrogen and oxygen atoms in total. The number of carboxylic acid groups (broad SMARTS) is 1. The Bertz CT molecular complexity index is 450. The Balaban J connectivity index is 2.61. The van der Waals surface area contributed by atoms with Crippen LogP contribution in [0.2, 0.25) is 0 Å². The van der Waals surface area contributed by atoms with E-state index in [4.69, 9.17) is 10.2 Å². The second kappa shape index (κ2) is 7.34. The van der Waals surface area contributed by atoms with Gasteiger partial charge in [-0.05, 0) is 24.7 Å². The molecule has 1 rings (SSSR count). The zero-order chi connectivity index (χ0) is 14.3. The van der Waals surface area contributed by atoms with E-state index in [0.717, 1.165) is 5.56 Å². The van der Waals surface area contributed by atoms with Crippen molar-refractivity contribution in [2.24, 2.45) is 0 Å². The third kappa shape index (κ3) is 4.94. The molecule has 0 radical (unpaired) electrons. The molecule has 5 N–H and O–H groups in total. The van der Waals surface area contributed by atoms with Crippen LogP contribution >= 0.6 is 0 Å². The van der Waals surface area contributed by atoms with Crippen LogP contribution in [0, 0.1) is 0 Å². The smallest absolute Gasteiger partial charge is 0.328 e. The van der Waals surface area contributed by atoms with Crippen molar-refractivity contribution in [1.29, 1.82) is 0 Å². The van der Waals surface area contributed by atoms with Crippen molar-refractivity contribution in [3.8, 4) is 0 Å². The Morgan fingerprint density at radius 2 is 2.11 bits per heavy atom. The van der Waals surface area contributed by atoms with Crippen LogP contribution in [0.5, 0.6) is 0 Å². The van der Waals surface area contributed by atoms with E-state index < -0.39 is 24.6 Å². The van der Waals surface area contributed by atoms with Crippen molar-refractivity contribution in [2.75, 3.05) is 19.0 Å². The monoisotopic (exact) mass is 267 g/mol. The molecule has 0 spiro atoms. The van der Waals surface area contributed by atoms with Crippen LogP contribution in [0.1, 0.15) is 5.56 Å². The fraction of sp³-hybridized carbons (Fsp3) is 0.333. The molecule has 1 atom stereocenters. The van der Waals surface area contributed by atoms with Gasteiger partial charge >= 0.3 is 12.0 Å². The van der Waals surface area contributed by atoms with Crippen LogP contribution in [0.25, 0.3) is 0 Å². The summed E-state index contributed by atoms with van der Waals surface area (Å²) in [5.41, 5.74) is 1.53. The summed E-state index contributed by atoms with van der Waals surface area (Å²) in [6.07, 6.45) is 0. The molecule has 0 unspecified atom stereocenters. The second-order valence-electron chi connectivity index (χ2n) is 3.90. The number of nitrogens with one attached hydrogen (secondary N) is 3. The summed E-state index contributed by atoms with van der Waals surface area (Å²) < 4.78 is 0. The SMILES string of the molecule is CNCc1cccc(NC(=O)N[C@@H](CO)C(=O)O)c1. The summed E-state index contributed by atoms with van der Waals surface area (Å²) >= 11 is 0. The maximum atomic E-state index is 11.5. The van der Waals surface area contributed by atoms with Gasteiger partial charge in [0.05, 0.1) is 6.61 Å². The molecular formula is C12H17N3O4. The van der Waals surface area contributed by atoms with E-state index in [1.54, 1.807) is 18.2 Å². The maximum absolute atomic E-state index is 11.5. The molecule has 1 aromatic carbocycles. The van der Waals surface area contributed by atoms with Gasteiger partial charge in [-0.25, -0.2) is 9.59 Å². The highest BCUT2D eigenvalue weighted by Crippen LogP contribution is 2.10. The van der Waals surface area contributed by atoms with Crippen LogP contribution in [0.3, 0.4) is 0 Å². The Morgan fingerprint density at radius 1 is 1.37 bits per heavy atom. The van der Waals surface area contributed by atoms with E-state index in [2.05, 4.69) is 16.0 Å². The van der Waals surface area contributed by atoms with Gasteiger partial charge in [0.25, 0.3) is 0 Å². The highest BCUT2D eigenvalue weighted by molar-refractivity contribution is 5.92. The van der Waals surface area contributed by atoms with Crippen LogP contribution in [0.4, 0.5) is 10.5 Å². The number of aliphatic hydroxyl groups is 1. The van der Waals surface area contributed by atoms with Gasteiger partial charge in [0, 0.05) is 12.2 Å². The van der Waals surface area contributed by atoms with Crippen molar-refractivity contribution in [2.45, 2.75) is 12.6 Å². The molecule has 0 aliphatic carbocycles. The van der Waals surface area contributed by atoms with Crippen molar-refractivity contribution in [1.82, 2.24) is 10.6 Å². The van der Waals surface area contributed by atoms with Crippen molar-refractivity contribution >= 4 is 17.7 Å². The summed E-state index contributed by atoms with van der Waals surface area (Å²) in [6.45, 7) is -0.00588. The number of carbonyl (C=O) groups excluding carboxylic acids is 1. The molecule has 2 amide bonds. The first-order chi connectivity index (χ1) is 9.06. The third-order valence-corrected chi connectivity index (χ3v) is 2.35. The van der Waals surface area contributed by atoms with Crippen molar-refractivity contribution < 1.29 is 19.8 Å². The molecule has 7 heteroatoms. The fourth-order valence-electron chi connectivity index (χ4n) is 1.47. The summed E-state index contributed by atoms with van der Waals surface area (Å²) in [5.74, 6) is -1.29. The topological polar surface area (TPSA) is 111 Å². The molecule has 0 fully saturated rings. The number of hydrogen-bond donors (Lipinski definition) is 5. The number of hydrogen-bond acceptors (Lipinski definition) is 4. The molecule has 1 aromatic rings. The van der Waals surface area contributed by atoms with Gasteiger partial charge in [-0.3, -0.25) is 0 Å². The van der Waals surface area contributed by atoms with Crippen molar-refractivity contribution in [3.63, 3.8) is 0 Å². The van der Waals surface area contributed by atoms with Gasteiger partial charge in [0.15, 0.2) is 6.04 Å². The van der Waals surface area contributed by atoms with E-state index in [-0.39, 0.29) is 0 Å². The van der Waals surface area contributed by atoms with Gasteiger partial charge in [-0.2, -0.15) is 0 Å². The van der Waals surface area contributed by atoms with Gasteiger partial charge in [-0.15, -0.1) is 0 Å². The molecule has 0 saturated heterocycles. The van der Waals surface area contributed by atoms with Gasteiger partial charge in [0.1, 0.15) is 0 Å². The summed E-state index contributed by atoms with van der Waals surface area (Å²) in [5, 5.41) is 25.1. The largest absolute Gasteiger partial charge is 0.480 e. The minimum absolute atomic E-state index is 0.548. The van der Waals surface area contributed by atoms with E-state index >= 15 is 0 Å². The molecule has 0 aliphatic heterocycles. The quantitative estimate of drug-likeness (QED) is 0.497. The van der Waals surface area contributed by atoms with Crippen LogP contribution in [-0.4, -0.2) is 41.9 Å². The summed E-state index contributed by atoms with van der Waals surface area (Å²) in [7, 11) is 1.81. The van der Waals surface area contributed by atoms with Gasteiger partial charge < -0.3 is 26.2 Å². The first-order valence-electron chi connectivity index (χ1n) is 5.71. The number of urea groups is 1. The molecule has 0 aliphatic rings. The Labute approximate surface area is 110 Å². The maximum Gasteiger partial charge on any atom is 0.328 e. The number of carboxylic acids is 1. The van der Waals surface area contributed by atoms with E-state index in [0.29, 0.717) is 12.2 Å². The number of aliphatic hydroxyl groups excluding tert-OH is 1. The standard InChI is InChI=1S/C12H17N3O4/c1-13-6-8-3-2-4-9(5-8)14-12(19)15-10(7-16)11(17)18/h2-5,10,13,16H,6-7H2,1H3,(H,17,18)(H2,14,15,19)/t10-/m0/s1. The number of aliphatic carboxylic acids is 1. The number of anilines is 1. The molecule has 0 heterocycles. The van der Waals surface area contributed by atoms with E-state index in [1.807, 2.05) is 13.1 Å².